The molecule has 2 atom stereocenters. The standard InChI is InChI=1S/C16H26N2O2S/c1-12(2)14-9-7-13(8-10-14)11-21(19,20)18-16-6-4-3-5-15(16)17/h7-10,12,15-16,18H,3-6,11,17H2,1-2H3. The van der Waals surface area contributed by atoms with Crippen molar-refractivity contribution in [3.63, 3.8) is 0 Å². The van der Waals surface area contributed by atoms with Crippen LogP contribution in [-0.2, 0) is 15.8 Å². The van der Waals surface area contributed by atoms with Gasteiger partial charge in [0, 0.05) is 12.1 Å². The van der Waals surface area contributed by atoms with Crippen molar-refractivity contribution in [2.45, 2.75) is 63.3 Å². The second-order valence-corrected chi connectivity index (χ2v) is 8.08. The van der Waals surface area contributed by atoms with E-state index in [-0.39, 0.29) is 17.8 Å². The van der Waals surface area contributed by atoms with Gasteiger partial charge in [-0.1, -0.05) is 51.0 Å². The summed E-state index contributed by atoms with van der Waals surface area (Å²) in [6.07, 6.45) is 3.88. The van der Waals surface area contributed by atoms with Crippen molar-refractivity contribution in [2.24, 2.45) is 5.73 Å². The summed E-state index contributed by atoms with van der Waals surface area (Å²) in [5, 5.41) is 0. The molecule has 2 unspecified atom stereocenters. The van der Waals surface area contributed by atoms with Crippen LogP contribution in [0.5, 0.6) is 0 Å². The van der Waals surface area contributed by atoms with E-state index in [2.05, 4.69) is 18.6 Å². The van der Waals surface area contributed by atoms with E-state index in [1.54, 1.807) is 0 Å². The largest absolute Gasteiger partial charge is 0.326 e. The van der Waals surface area contributed by atoms with Gasteiger partial charge in [0.2, 0.25) is 10.0 Å². The zero-order valence-corrected chi connectivity index (χ0v) is 13.7. The van der Waals surface area contributed by atoms with Gasteiger partial charge in [-0.05, 0) is 29.9 Å². The van der Waals surface area contributed by atoms with Crippen molar-refractivity contribution in [3.8, 4) is 0 Å². The van der Waals surface area contributed by atoms with Crippen LogP contribution in [0.15, 0.2) is 24.3 Å². The molecule has 0 bridgehead atoms. The molecule has 1 aromatic carbocycles. The van der Waals surface area contributed by atoms with Crippen LogP contribution in [0.4, 0.5) is 0 Å². The Morgan fingerprint density at radius 3 is 2.38 bits per heavy atom. The minimum absolute atomic E-state index is 0.0224. The van der Waals surface area contributed by atoms with Crippen molar-refractivity contribution >= 4 is 10.0 Å². The summed E-state index contributed by atoms with van der Waals surface area (Å²) in [5.74, 6) is 0.475. The molecule has 5 heteroatoms. The molecule has 21 heavy (non-hydrogen) atoms. The smallest absolute Gasteiger partial charge is 0.216 e. The molecule has 3 N–H and O–H groups in total. The zero-order chi connectivity index (χ0) is 15.5. The normalized spacial score (nSPS) is 23.4. The quantitative estimate of drug-likeness (QED) is 0.877. The number of nitrogens with one attached hydrogen (secondary N) is 1. The molecule has 0 aliphatic heterocycles. The summed E-state index contributed by atoms with van der Waals surface area (Å²) < 4.78 is 27.3. The Balaban J connectivity index is 2.00. The summed E-state index contributed by atoms with van der Waals surface area (Å²) in [5.41, 5.74) is 8.04. The van der Waals surface area contributed by atoms with Gasteiger partial charge in [-0.25, -0.2) is 13.1 Å². The molecule has 0 heterocycles. The highest BCUT2D eigenvalue weighted by Crippen LogP contribution is 2.19. The number of rotatable bonds is 5. The predicted octanol–water partition coefficient (Wildman–Crippen LogP) is 2.50. The second-order valence-electron chi connectivity index (χ2n) is 6.33. The lowest BCUT2D eigenvalue weighted by molar-refractivity contribution is 0.361. The maximum atomic E-state index is 12.3. The third-order valence-electron chi connectivity index (χ3n) is 4.15. The summed E-state index contributed by atoms with van der Waals surface area (Å²) in [6, 6.07) is 7.63. The Labute approximate surface area is 128 Å². The average molecular weight is 310 g/mol. The second kappa shape index (κ2) is 6.90. The van der Waals surface area contributed by atoms with Crippen LogP contribution in [0.25, 0.3) is 0 Å². The van der Waals surface area contributed by atoms with Crippen molar-refractivity contribution < 1.29 is 8.42 Å². The average Bonchev–Trinajstić information content (AvgIpc) is 2.41. The van der Waals surface area contributed by atoms with Gasteiger partial charge in [0.25, 0.3) is 0 Å². The van der Waals surface area contributed by atoms with Gasteiger partial charge in [0.1, 0.15) is 0 Å². The number of hydrogen-bond acceptors (Lipinski definition) is 3. The van der Waals surface area contributed by atoms with E-state index in [4.69, 9.17) is 5.73 Å². The third kappa shape index (κ3) is 4.80. The van der Waals surface area contributed by atoms with E-state index in [1.807, 2.05) is 24.3 Å². The Kier molecular flexibility index (Phi) is 5.41. The molecule has 1 aliphatic rings. The zero-order valence-electron chi connectivity index (χ0n) is 12.9. The Morgan fingerprint density at radius 2 is 1.81 bits per heavy atom. The molecular formula is C16H26N2O2S. The van der Waals surface area contributed by atoms with Crippen molar-refractivity contribution in [3.05, 3.63) is 35.4 Å². The topological polar surface area (TPSA) is 72.2 Å². The molecule has 1 fully saturated rings. The number of benzene rings is 1. The van der Waals surface area contributed by atoms with Crippen LogP contribution in [0.2, 0.25) is 0 Å². The number of sulfonamides is 1. The molecule has 2 rings (SSSR count). The first-order valence-electron chi connectivity index (χ1n) is 7.72. The maximum absolute atomic E-state index is 12.3. The molecule has 1 saturated carbocycles. The van der Waals surface area contributed by atoms with Gasteiger partial charge in [-0.15, -0.1) is 0 Å². The monoisotopic (exact) mass is 310 g/mol. The van der Waals surface area contributed by atoms with Crippen LogP contribution >= 0.6 is 0 Å². The van der Waals surface area contributed by atoms with Crippen LogP contribution in [0.1, 0.15) is 56.6 Å². The SMILES string of the molecule is CC(C)c1ccc(CS(=O)(=O)NC2CCCCC2N)cc1. The molecule has 0 spiro atoms. The highest BCUT2D eigenvalue weighted by molar-refractivity contribution is 7.88. The highest BCUT2D eigenvalue weighted by atomic mass is 32.2. The molecule has 0 aromatic heterocycles. The Morgan fingerprint density at radius 1 is 1.19 bits per heavy atom. The summed E-state index contributed by atoms with van der Waals surface area (Å²) in [6.45, 7) is 4.25. The fraction of sp³-hybridized carbons (Fsp3) is 0.625. The van der Waals surface area contributed by atoms with Crippen LogP contribution in [0, 0.1) is 0 Å². The molecule has 1 aliphatic carbocycles. The van der Waals surface area contributed by atoms with Crippen molar-refractivity contribution in [1.29, 1.82) is 0 Å². The van der Waals surface area contributed by atoms with Crippen LogP contribution in [0.3, 0.4) is 0 Å². The molecule has 1 aromatic rings. The van der Waals surface area contributed by atoms with Gasteiger partial charge in [0.05, 0.1) is 5.75 Å². The van der Waals surface area contributed by atoms with Crippen LogP contribution in [-0.4, -0.2) is 20.5 Å². The van der Waals surface area contributed by atoms with E-state index in [9.17, 15) is 8.42 Å². The van der Waals surface area contributed by atoms with E-state index in [0.29, 0.717) is 5.92 Å². The summed E-state index contributed by atoms with van der Waals surface area (Å²) in [7, 11) is -3.33. The van der Waals surface area contributed by atoms with Gasteiger partial charge in [-0.3, -0.25) is 0 Å². The van der Waals surface area contributed by atoms with Gasteiger partial charge in [-0.2, -0.15) is 0 Å². The van der Waals surface area contributed by atoms with E-state index in [0.717, 1.165) is 31.2 Å². The predicted molar refractivity (Wildman–Crippen MR) is 86.5 cm³/mol. The van der Waals surface area contributed by atoms with Gasteiger partial charge >= 0.3 is 0 Å². The minimum atomic E-state index is -3.33. The van der Waals surface area contributed by atoms with E-state index < -0.39 is 10.0 Å². The molecular weight excluding hydrogens is 284 g/mol. The lowest BCUT2D eigenvalue weighted by Crippen LogP contribution is -2.49. The minimum Gasteiger partial charge on any atom is -0.326 e. The molecule has 118 valence electrons. The Bertz CT molecular complexity index is 552. The van der Waals surface area contributed by atoms with Crippen LogP contribution < -0.4 is 10.5 Å². The first-order valence-corrected chi connectivity index (χ1v) is 9.37. The maximum Gasteiger partial charge on any atom is 0.216 e. The fourth-order valence-corrected chi connectivity index (χ4v) is 4.26. The highest BCUT2D eigenvalue weighted by Gasteiger charge is 2.26. The van der Waals surface area contributed by atoms with E-state index >= 15 is 0 Å². The number of hydrogen-bond donors (Lipinski definition) is 2. The van der Waals surface area contributed by atoms with Crippen molar-refractivity contribution in [1.82, 2.24) is 4.72 Å². The molecule has 4 nitrogen and oxygen atoms in total. The fourth-order valence-electron chi connectivity index (χ4n) is 2.80. The molecule has 0 amide bonds. The third-order valence-corrected chi connectivity index (χ3v) is 5.53. The van der Waals surface area contributed by atoms with E-state index in [1.165, 1.54) is 5.56 Å². The summed E-state index contributed by atoms with van der Waals surface area (Å²) >= 11 is 0. The lowest BCUT2D eigenvalue weighted by atomic mass is 9.92. The lowest BCUT2D eigenvalue weighted by Gasteiger charge is -2.29. The molecule has 0 saturated heterocycles. The molecule has 0 radical (unpaired) electrons. The summed E-state index contributed by atoms with van der Waals surface area (Å²) in [4.78, 5) is 0. The van der Waals surface area contributed by atoms with Gasteiger partial charge in [0.15, 0.2) is 0 Å². The Hall–Kier alpha value is -0.910. The first-order chi connectivity index (χ1) is 9.87. The van der Waals surface area contributed by atoms with Gasteiger partial charge < -0.3 is 5.73 Å². The first kappa shape index (κ1) is 16.5. The van der Waals surface area contributed by atoms with Crippen molar-refractivity contribution in [2.75, 3.05) is 0 Å². The number of nitrogens with two attached hydrogens (primary N) is 1.